The average molecular weight is 340 g/mol. The highest BCUT2D eigenvalue weighted by atomic mass is 19.1. The lowest BCUT2D eigenvalue weighted by Crippen LogP contribution is -2.47. The van der Waals surface area contributed by atoms with Crippen LogP contribution in [-0.4, -0.2) is 60.0 Å². The van der Waals surface area contributed by atoms with E-state index in [4.69, 9.17) is 0 Å². The van der Waals surface area contributed by atoms with E-state index in [9.17, 15) is 19.0 Å². The van der Waals surface area contributed by atoms with Crippen LogP contribution in [0.2, 0.25) is 0 Å². The minimum atomic E-state index is -0.491. The van der Waals surface area contributed by atoms with E-state index >= 15 is 0 Å². The van der Waals surface area contributed by atoms with Crippen molar-refractivity contribution in [2.24, 2.45) is 0 Å². The number of nitrogens with zero attached hydrogens (tertiary/aromatic N) is 2. The molecule has 0 spiro atoms. The van der Waals surface area contributed by atoms with E-state index in [0.717, 1.165) is 25.9 Å². The van der Waals surface area contributed by atoms with Crippen LogP contribution in [0.4, 0.5) is 14.5 Å². The first-order chi connectivity index (χ1) is 11.6. The van der Waals surface area contributed by atoms with Crippen LogP contribution < -0.4 is 4.90 Å². The molecule has 134 valence electrons. The minimum Gasteiger partial charge on any atom is -0.395 e. The van der Waals surface area contributed by atoms with Crippen LogP contribution >= 0.6 is 0 Å². The van der Waals surface area contributed by atoms with Crippen LogP contribution in [-0.2, 0) is 6.42 Å². The van der Waals surface area contributed by atoms with E-state index < -0.39 is 17.7 Å². The molecule has 1 aromatic carbocycles. The quantitative estimate of drug-likeness (QED) is 0.860. The molecule has 0 aliphatic carbocycles. The van der Waals surface area contributed by atoms with Gasteiger partial charge in [-0.05, 0) is 44.2 Å². The smallest absolute Gasteiger partial charge is 0.131 e. The lowest BCUT2D eigenvalue weighted by atomic mass is 9.99. The SMILES string of the molecule is OCC1CC(O)CCN1CCc1c(F)cc(N2CCCC2)cc1F. The van der Waals surface area contributed by atoms with E-state index in [0.29, 0.717) is 31.6 Å². The summed E-state index contributed by atoms with van der Waals surface area (Å²) in [4.78, 5) is 4.03. The number of hydrogen-bond donors (Lipinski definition) is 2. The van der Waals surface area contributed by atoms with Gasteiger partial charge in [-0.3, -0.25) is 4.90 Å². The van der Waals surface area contributed by atoms with Gasteiger partial charge in [0.2, 0.25) is 0 Å². The number of likely N-dealkylation sites (tertiary alicyclic amines) is 1. The maximum atomic E-state index is 14.4. The highest BCUT2D eigenvalue weighted by Gasteiger charge is 2.27. The van der Waals surface area contributed by atoms with Gasteiger partial charge in [-0.25, -0.2) is 8.78 Å². The third kappa shape index (κ3) is 3.87. The van der Waals surface area contributed by atoms with E-state index in [1.54, 1.807) is 0 Å². The van der Waals surface area contributed by atoms with Crippen LogP contribution in [0.15, 0.2) is 12.1 Å². The van der Waals surface area contributed by atoms with Crippen LogP contribution in [0.3, 0.4) is 0 Å². The molecular formula is C18H26F2N2O2. The molecule has 2 atom stereocenters. The fourth-order valence-electron chi connectivity index (χ4n) is 3.80. The zero-order valence-corrected chi connectivity index (χ0v) is 13.9. The first-order valence-corrected chi connectivity index (χ1v) is 8.84. The Labute approximate surface area is 141 Å². The van der Waals surface area contributed by atoms with Crippen molar-refractivity contribution in [3.05, 3.63) is 29.3 Å². The first kappa shape index (κ1) is 17.6. The summed E-state index contributed by atoms with van der Waals surface area (Å²) in [6, 6.07) is 2.74. The summed E-state index contributed by atoms with van der Waals surface area (Å²) in [5.41, 5.74) is 0.737. The van der Waals surface area contributed by atoms with Crippen molar-refractivity contribution in [2.75, 3.05) is 37.7 Å². The summed E-state index contributed by atoms with van der Waals surface area (Å²) >= 11 is 0. The van der Waals surface area contributed by atoms with Gasteiger partial charge < -0.3 is 15.1 Å². The molecule has 2 saturated heterocycles. The second kappa shape index (κ2) is 7.76. The standard InChI is InChI=1S/C18H26F2N2O2/c19-17-10-13(21-5-1-2-6-21)11-18(20)16(17)4-8-22-7-3-15(24)9-14(22)12-23/h10-11,14-15,23-24H,1-9,12H2. The van der Waals surface area contributed by atoms with Crippen molar-refractivity contribution in [2.45, 2.75) is 44.2 Å². The Balaban J connectivity index is 1.66. The van der Waals surface area contributed by atoms with Gasteiger partial charge in [0.15, 0.2) is 0 Å². The van der Waals surface area contributed by atoms with E-state index in [1.807, 2.05) is 9.80 Å². The van der Waals surface area contributed by atoms with Crippen LogP contribution in [0.5, 0.6) is 0 Å². The van der Waals surface area contributed by atoms with Crippen LogP contribution in [0, 0.1) is 11.6 Å². The molecule has 2 fully saturated rings. The van der Waals surface area contributed by atoms with Crippen molar-refractivity contribution in [1.29, 1.82) is 0 Å². The molecule has 1 aromatic rings. The fourth-order valence-corrected chi connectivity index (χ4v) is 3.80. The first-order valence-electron chi connectivity index (χ1n) is 8.84. The van der Waals surface area contributed by atoms with Gasteiger partial charge in [-0.15, -0.1) is 0 Å². The van der Waals surface area contributed by atoms with Crippen molar-refractivity contribution in [1.82, 2.24) is 4.90 Å². The summed E-state index contributed by atoms with van der Waals surface area (Å²) < 4.78 is 28.8. The topological polar surface area (TPSA) is 46.9 Å². The molecule has 2 aliphatic rings. The minimum absolute atomic E-state index is 0.0457. The third-order valence-corrected chi connectivity index (χ3v) is 5.27. The number of halogens is 2. The Hall–Kier alpha value is -1.24. The number of aliphatic hydroxyl groups excluding tert-OH is 2. The summed E-state index contributed by atoms with van der Waals surface area (Å²) in [5.74, 6) is -0.982. The maximum absolute atomic E-state index is 14.4. The van der Waals surface area contributed by atoms with Gasteiger partial charge in [-0.2, -0.15) is 0 Å². The van der Waals surface area contributed by atoms with Crippen molar-refractivity contribution in [3.8, 4) is 0 Å². The number of benzene rings is 1. The van der Waals surface area contributed by atoms with E-state index in [2.05, 4.69) is 0 Å². The highest BCUT2D eigenvalue weighted by molar-refractivity contribution is 5.49. The largest absolute Gasteiger partial charge is 0.395 e. The number of rotatable bonds is 5. The Bertz CT molecular complexity index is 541. The highest BCUT2D eigenvalue weighted by Crippen LogP contribution is 2.26. The van der Waals surface area contributed by atoms with Crippen molar-refractivity contribution < 1.29 is 19.0 Å². The molecule has 0 bridgehead atoms. The number of hydrogen-bond acceptors (Lipinski definition) is 4. The van der Waals surface area contributed by atoms with E-state index in [-0.39, 0.29) is 24.6 Å². The molecule has 2 unspecified atom stereocenters. The average Bonchev–Trinajstić information content (AvgIpc) is 3.09. The summed E-state index contributed by atoms with van der Waals surface area (Å²) in [7, 11) is 0. The molecule has 0 amide bonds. The van der Waals surface area contributed by atoms with Gasteiger partial charge in [-0.1, -0.05) is 0 Å². The van der Waals surface area contributed by atoms with E-state index in [1.165, 1.54) is 12.1 Å². The van der Waals surface area contributed by atoms with Gasteiger partial charge in [0.05, 0.1) is 12.7 Å². The van der Waals surface area contributed by atoms with Crippen molar-refractivity contribution >= 4 is 5.69 Å². The summed E-state index contributed by atoms with van der Waals surface area (Å²) in [5, 5.41) is 19.1. The van der Waals surface area contributed by atoms with Crippen LogP contribution in [0.1, 0.15) is 31.2 Å². The Morgan fingerprint density at radius 1 is 1.08 bits per heavy atom. The molecular weight excluding hydrogens is 314 g/mol. The normalized spacial score (nSPS) is 25.4. The predicted octanol–water partition coefficient (Wildman–Crippen LogP) is 1.93. The van der Waals surface area contributed by atoms with Crippen LogP contribution in [0.25, 0.3) is 0 Å². The molecule has 3 rings (SSSR count). The molecule has 0 aromatic heterocycles. The molecule has 24 heavy (non-hydrogen) atoms. The lowest BCUT2D eigenvalue weighted by Gasteiger charge is -2.36. The lowest BCUT2D eigenvalue weighted by molar-refractivity contribution is 0.0175. The van der Waals surface area contributed by atoms with Crippen molar-refractivity contribution in [3.63, 3.8) is 0 Å². The zero-order valence-electron chi connectivity index (χ0n) is 13.9. The summed E-state index contributed by atoms with van der Waals surface area (Å²) in [6.45, 7) is 2.78. The molecule has 2 N–H and O–H groups in total. The Morgan fingerprint density at radius 2 is 1.75 bits per heavy atom. The van der Waals surface area contributed by atoms with Gasteiger partial charge in [0.1, 0.15) is 11.6 Å². The molecule has 6 heteroatoms. The Morgan fingerprint density at radius 3 is 2.38 bits per heavy atom. The maximum Gasteiger partial charge on any atom is 0.131 e. The zero-order chi connectivity index (χ0) is 17.1. The molecule has 2 heterocycles. The number of piperidine rings is 1. The Kier molecular flexibility index (Phi) is 5.69. The van der Waals surface area contributed by atoms with Gasteiger partial charge in [0.25, 0.3) is 0 Å². The predicted molar refractivity (Wildman–Crippen MR) is 89.2 cm³/mol. The summed E-state index contributed by atoms with van der Waals surface area (Å²) in [6.07, 6.45) is 3.14. The molecule has 4 nitrogen and oxygen atoms in total. The van der Waals surface area contributed by atoms with Gasteiger partial charge in [0, 0.05) is 43.5 Å². The fraction of sp³-hybridized carbons (Fsp3) is 0.667. The molecule has 0 saturated carbocycles. The molecule has 0 radical (unpaired) electrons. The number of aliphatic hydroxyl groups is 2. The second-order valence-electron chi connectivity index (χ2n) is 6.88. The number of anilines is 1. The third-order valence-electron chi connectivity index (χ3n) is 5.27. The second-order valence-corrected chi connectivity index (χ2v) is 6.88. The monoisotopic (exact) mass is 340 g/mol. The molecule has 2 aliphatic heterocycles. The van der Waals surface area contributed by atoms with Gasteiger partial charge >= 0.3 is 0 Å².